The minimum Gasteiger partial charge on any atom is -0.351 e. The molecule has 0 bridgehead atoms. The summed E-state index contributed by atoms with van der Waals surface area (Å²) >= 11 is 0. The van der Waals surface area contributed by atoms with Crippen LogP contribution in [0.4, 0.5) is 0 Å². The van der Waals surface area contributed by atoms with E-state index in [-0.39, 0.29) is 11.8 Å². The number of pyridine rings is 1. The van der Waals surface area contributed by atoms with E-state index in [1.807, 2.05) is 18.0 Å². The molecule has 3 aliphatic rings. The molecule has 1 saturated heterocycles. The van der Waals surface area contributed by atoms with E-state index in [9.17, 15) is 9.59 Å². The van der Waals surface area contributed by atoms with E-state index in [1.54, 1.807) is 0 Å². The Bertz CT molecular complexity index is 782. The Morgan fingerprint density at radius 3 is 2.65 bits per heavy atom. The zero-order valence-electron chi connectivity index (χ0n) is 19.1. The molecule has 1 aromatic rings. The number of carbonyl (C=O) groups excluding carboxylic acids is 2. The molecule has 1 aromatic heterocycles. The van der Waals surface area contributed by atoms with Crippen LogP contribution < -0.4 is 5.32 Å². The van der Waals surface area contributed by atoms with Crippen LogP contribution in [0.25, 0.3) is 0 Å². The quantitative estimate of drug-likeness (QED) is 0.726. The van der Waals surface area contributed by atoms with Gasteiger partial charge in [0.05, 0.1) is 6.54 Å². The number of nitrogens with one attached hydrogen (secondary N) is 1. The van der Waals surface area contributed by atoms with E-state index >= 15 is 0 Å². The molecule has 2 amide bonds. The topological polar surface area (TPSA) is 65.5 Å². The van der Waals surface area contributed by atoms with Gasteiger partial charge in [-0.2, -0.15) is 0 Å². The Morgan fingerprint density at radius 2 is 1.87 bits per heavy atom. The largest absolute Gasteiger partial charge is 0.351 e. The lowest BCUT2D eigenvalue weighted by Crippen LogP contribution is -2.38. The van der Waals surface area contributed by atoms with E-state index in [4.69, 9.17) is 0 Å². The van der Waals surface area contributed by atoms with Crippen molar-refractivity contribution in [2.24, 2.45) is 5.92 Å². The maximum atomic E-state index is 12.8. The van der Waals surface area contributed by atoms with Crippen molar-refractivity contribution >= 4 is 11.8 Å². The van der Waals surface area contributed by atoms with Gasteiger partial charge in [0, 0.05) is 37.9 Å². The Morgan fingerprint density at radius 1 is 1.10 bits per heavy atom. The van der Waals surface area contributed by atoms with E-state index in [2.05, 4.69) is 15.2 Å². The third kappa shape index (κ3) is 5.85. The Balaban J connectivity index is 1.31. The van der Waals surface area contributed by atoms with Crippen molar-refractivity contribution in [3.63, 3.8) is 0 Å². The monoisotopic (exact) mass is 426 g/mol. The number of rotatable bonds is 7. The molecule has 1 saturated carbocycles. The van der Waals surface area contributed by atoms with Gasteiger partial charge in [0.1, 0.15) is 0 Å². The number of aromatic nitrogens is 1. The van der Waals surface area contributed by atoms with Gasteiger partial charge in [-0.1, -0.05) is 32.1 Å². The molecular formula is C25H38N4O2. The summed E-state index contributed by atoms with van der Waals surface area (Å²) in [6.45, 7) is 6.52. The molecule has 0 radical (unpaired) electrons. The SMILES string of the molecule is Cc1ncc2c(c1CNC(=O)CN1CCCC1)CCN(C(=O)CCC1CCCCC1)C2. The predicted octanol–water partition coefficient (Wildman–Crippen LogP) is 3.35. The molecule has 170 valence electrons. The average molecular weight is 427 g/mol. The molecule has 0 unspecified atom stereocenters. The summed E-state index contributed by atoms with van der Waals surface area (Å²) in [6.07, 6.45) is 13.5. The minimum atomic E-state index is 0.0919. The number of hydrogen-bond donors (Lipinski definition) is 1. The normalized spacial score (nSPS) is 20.0. The molecule has 31 heavy (non-hydrogen) atoms. The second-order valence-corrected chi connectivity index (χ2v) is 9.69. The molecule has 0 spiro atoms. The number of hydrogen-bond acceptors (Lipinski definition) is 4. The van der Waals surface area contributed by atoms with Crippen LogP contribution in [0.3, 0.4) is 0 Å². The molecule has 6 nitrogen and oxygen atoms in total. The van der Waals surface area contributed by atoms with Crippen LogP contribution in [0.15, 0.2) is 6.20 Å². The first-order valence-electron chi connectivity index (χ1n) is 12.3. The molecule has 3 heterocycles. The van der Waals surface area contributed by atoms with Crippen LogP contribution in [0.5, 0.6) is 0 Å². The lowest BCUT2D eigenvalue weighted by Gasteiger charge is -2.31. The van der Waals surface area contributed by atoms with Gasteiger partial charge >= 0.3 is 0 Å². The second-order valence-electron chi connectivity index (χ2n) is 9.69. The highest BCUT2D eigenvalue weighted by Gasteiger charge is 2.25. The standard InChI is InChI=1S/C25H38N4O2/c1-19-23(16-27-24(30)18-28-12-5-6-13-28)22-11-14-29(17-21(22)15-26-19)25(31)10-9-20-7-3-2-4-8-20/h15,20H,2-14,16-18H2,1H3,(H,27,30). The zero-order valence-corrected chi connectivity index (χ0v) is 19.1. The van der Waals surface area contributed by atoms with E-state index in [0.29, 0.717) is 26.1 Å². The zero-order chi connectivity index (χ0) is 21.6. The number of nitrogens with zero attached hydrogens (tertiary/aromatic N) is 3. The van der Waals surface area contributed by atoms with Crippen molar-refractivity contribution in [1.82, 2.24) is 20.1 Å². The summed E-state index contributed by atoms with van der Waals surface area (Å²) < 4.78 is 0. The first kappa shape index (κ1) is 22.3. The summed E-state index contributed by atoms with van der Waals surface area (Å²) in [6, 6.07) is 0. The molecule has 2 aliphatic heterocycles. The van der Waals surface area contributed by atoms with Crippen molar-refractivity contribution in [1.29, 1.82) is 0 Å². The highest BCUT2D eigenvalue weighted by atomic mass is 16.2. The molecule has 0 atom stereocenters. The number of carbonyl (C=O) groups is 2. The number of fused-ring (bicyclic) bond motifs is 1. The average Bonchev–Trinajstić information content (AvgIpc) is 3.30. The Kier molecular flexibility index (Phi) is 7.59. The van der Waals surface area contributed by atoms with Crippen molar-refractivity contribution in [3.05, 3.63) is 28.6 Å². The summed E-state index contributed by atoms with van der Waals surface area (Å²) in [4.78, 5) is 34.0. The van der Waals surface area contributed by atoms with Gasteiger partial charge in [-0.25, -0.2) is 0 Å². The van der Waals surface area contributed by atoms with Crippen LogP contribution in [0.2, 0.25) is 0 Å². The van der Waals surface area contributed by atoms with Gasteiger partial charge in [0.2, 0.25) is 11.8 Å². The van der Waals surface area contributed by atoms with Crippen LogP contribution in [0, 0.1) is 12.8 Å². The fraction of sp³-hybridized carbons (Fsp3) is 0.720. The minimum absolute atomic E-state index is 0.0919. The molecular weight excluding hydrogens is 388 g/mol. The van der Waals surface area contributed by atoms with Gasteiger partial charge < -0.3 is 10.2 Å². The number of amides is 2. The third-order valence-corrected chi connectivity index (χ3v) is 7.47. The van der Waals surface area contributed by atoms with E-state index < -0.39 is 0 Å². The van der Waals surface area contributed by atoms with Crippen molar-refractivity contribution in [3.8, 4) is 0 Å². The third-order valence-electron chi connectivity index (χ3n) is 7.47. The molecule has 1 N–H and O–H groups in total. The van der Waals surface area contributed by atoms with Gasteiger partial charge in [0.15, 0.2) is 0 Å². The van der Waals surface area contributed by atoms with Crippen molar-refractivity contribution in [2.75, 3.05) is 26.2 Å². The fourth-order valence-electron chi connectivity index (χ4n) is 5.52. The number of aryl methyl sites for hydroxylation is 1. The van der Waals surface area contributed by atoms with Crippen LogP contribution in [-0.4, -0.2) is 52.8 Å². The van der Waals surface area contributed by atoms with Gasteiger partial charge in [0.25, 0.3) is 0 Å². The highest BCUT2D eigenvalue weighted by molar-refractivity contribution is 5.78. The molecule has 4 rings (SSSR count). The molecule has 1 aliphatic carbocycles. The van der Waals surface area contributed by atoms with E-state index in [1.165, 1.54) is 50.5 Å². The lowest BCUT2D eigenvalue weighted by atomic mass is 9.86. The van der Waals surface area contributed by atoms with Crippen LogP contribution in [-0.2, 0) is 29.1 Å². The fourth-order valence-corrected chi connectivity index (χ4v) is 5.52. The van der Waals surface area contributed by atoms with Gasteiger partial charge in [-0.05, 0) is 68.3 Å². The smallest absolute Gasteiger partial charge is 0.234 e. The molecule has 6 heteroatoms. The number of likely N-dealkylation sites (tertiary alicyclic amines) is 1. The Labute approximate surface area is 186 Å². The maximum Gasteiger partial charge on any atom is 0.234 e. The summed E-state index contributed by atoms with van der Waals surface area (Å²) in [5, 5.41) is 3.11. The van der Waals surface area contributed by atoms with Crippen molar-refractivity contribution in [2.45, 2.75) is 84.2 Å². The van der Waals surface area contributed by atoms with Crippen LogP contribution in [0.1, 0.15) is 80.2 Å². The molecule has 0 aromatic carbocycles. The van der Waals surface area contributed by atoms with Crippen molar-refractivity contribution < 1.29 is 9.59 Å². The highest BCUT2D eigenvalue weighted by Crippen LogP contribution is 2.29. The summed E-state index contributed by atoms with van der Waals surface area (Å²) in [5.74, 6) is 1.13. The summed E-state index contributed by atoms with van der Waals surface area (Å²) in [7, 11) is 0. The maximum absolute atomic E-state index is 12.8. The van der Waals surface area contributed by atoms with Crippen LogP contribution >= 0.6 is 0 Å². The Hall–Kier alpha value is -1.95. The second kappa shape index (κ2) is 10.6. The summed E-state index contributed by atoms with van der Waals surface area (Å²) in [5.41, 5.74) is 4.55. The first-order valence-corrected chi connectivity index (χ1v) is 12.3. The van der Waals surface area contributed by atoms with Gasteiger partial charge in [-0.3, -0.25) is 19.5 Å². The molecule has 2 fully saturated rings. The first-order chi connectivity index (χ1) is 15.1. The lowest BCUT2D eigenvalue weighted by molar-refractivity contribution is -0.132. The van der Waals surface area contributed by atoms with E-state index in [0.717, 1.165) is 55.2 Å². The predicted molar refractivity (Wildman–Crippen MR) is 121 cm³/mol. The van der Waals surface area contributed by atoms with Gasteiger partial charge in [-0.15, -0.1) is 0 Å².